The van der Waals surface area contributed by atoms with Crippen LogP contribution in [0.25, 0.3) is 0 Å². The molecule has 2 saturated heterocycles. The minimum atomic E-state index is -3.49. The molecule has 144 valence electrons. The zero-order valence-electron chi connectivity index (χ0n) is 15.3. The monoisotopic (exact) mass is 381 g/mol. The number of benzene rings is 1. The number of urea groups is 1. The average molecular weight is 381 g/mol. The van der Waals surface area contributed by atoms with E-state index in [0.29, 0.717) is 30.7 Å². The lowest BCUT2D eigenvalue weighted by Gasteiger charge is -2.34. The molecule has 0 aliphatic carbocycles. The van der Waals surface area contributed by atoms with Gasteiger partial charge in [-0.2, -0.15) is 4.31 Å². The van der Waals surface area contributed by atoms with Gasteiger partial charge >= 0.3 is 6.03 Å². The molecule has 0 bridgehead atoms. The van der Waals surface area contributed by atoms with E-state index in [0.717, 1.165) is 32.4 Å². The molecule has 0 radical (unpaired) electrons. The highest BCUT2D eigenvalue weighted by molar-refractivity contribution is 7.89. The zero-order chi connectivity index (χ0) is 18.7. The van der Waals surface area contributed by atoms with Gasteiger partial charge in [-0.15, -0.1) is 0 Å². The lowest BCUT2D eigenvalue weighted by Crippen LogP contribution is -2.44. The summed E-state index contributed by atoms with van der Waals surface area (Å²) in [5.74, 6) is 1.38. The van der Waals surface area contributed by atoms with Crippen LogP contribution in [0.4, 0.5) is 4.79 Å². The number of hydrogen-bond acceptors (Lipinski definition) is 4. The fourth-order valence-electron chi connectivity index (χ4n) is 4.00. The molecule has 1 unspecified atom stereocenters. The lowest BCUT2D eigenvalue weighted by atomic mass is 9.84. The minimum absolute atomic E-state index is 0.0305. The molecular formula is C18H27N3O4S. The summed E-state index contributed by atoms with van der Waals surface area (Å²) < 4.78 is 32.6. The van der Waals surface area contributed by atoms with E-state index in [1.165, 1.54) is 7.11 Å². The zero-order valence-corrected chi connectivity index (χ0v) is 16.2. The molecule has 2 heterocycles. The minimum Gasteiger partial charge on any atom is -0.497 e. The Morgan fingerprint density at radius 1 is 1.15 bits per heavy atom. The highest BCUT2D eigenvalue weighted by Gasteiger charge is 2.37. The van der Waals surface area contributed by atoms with Crippen molar-refractivity contribution in [3.8, 4) is 5.75 Å². The predicted molar refractivity (Wildman–Crippen MR) is 98.6 cm³/mol. The van der Waals surface area contributed by atoms with Gasteiger partial charge in [-0.3, -0.25) is 0 Å². The normalized spacial score (nSPS) is 22.4. The molecular weight excluding hydrogens is 354 g/mol. The first-order chi connectivity index (χ1) is 12.5. The first kappa shape index (κ1) is 19.0. The highest BCUT2D eigenvalue weighted by atomic mass is 32.2. The highest BCUT2D eigenvalue weighted by Crippen LogP contribution is 2.34. The van der Waals surface area contributed by atoms with Crippen LogP contribution in [0.5, 0.6) is 5.75 Å². The molecule has 26 heavy (non-hydrogen) atoms. The maximum absolute atomic E-state index is 12.9. The summed E-state index contributed by atoms with van der Waals surface area (Å²) in [5.41, 5.74) is 0. The van der Waals surface area contributed by atoms with Crippen LogP contribution >= 0.6 is 0 Å². The summed E-state index contributed by atoms with van der Waals surface area (Å²) in [6, 6.07) is 6.61. The molecule has 0 spiro atoms. The van der Waals surface area contributed by atoms with Gasteiger partial charge in [-0.25, -0.2) is 13.2 Å². The van der Waals surface area contributed by atoms with Crippen LogP contribution in [-0.2, 0) is 10.0 Å². The second-order valence-electron chi connectivity index (χ2n) is 6.97. The van der Waals surface area contributed by atoms with Gasteiger partial charge in [0.25, 0.3) is 0 Å². The lowest BCUT2D eigenvalue weighted by molar-refractivity contribution is 0.153. The maximum atomic E-state index is 12.9. The number of ether oxygens (including phenoxy) is 1. The summed E-state index contributed by atoms with van der Waals surface area (Å²) in [6.45, 7) is 2.59. The van der Waals surface area contributed by atoms with Crippen molar-refractivity contribution in [2.24, 2.45) is 11.8 Å². The van der Waals surface area contributed by atoms with Gasteiger partial charge in [0.1, 0.15) is 5.75 Å². The molecule has 2 aliphatic heterocycles. The Kier molecular flexibility index (Phi) is 5.72. The molecule has 1 atom stereocenters. The second-order valence-corrected chi connectivity index (χ2v) is 8.91. The Bertz CT molecular complexity index is 745. The number of piperidine rings is 1. The summed E-state index contributed by atoms with van der Waals surface area (Å²) in [6.07, 6.45) is 2.75. The number of sulfonamides is 1. The van der Waals surface area contributed by atoms with Crippen molar-refractivity contribution < 1.29 is 17.9 Å². The number of nitrogens with one attached hydrogen (secondary N) is 1. The number of rotatable bonds is 4. The SMILES string of the molecule is CNC(=O)N1CCC(C2CCN(S(=O)(=O)c3cccc(OC)c3)C2)CC1. The number of carbonyl (C=O) groups is 1. The summed E-state index contributed by atoms with van der Waals surface area (Å²) in [5, 5.41) is 2.66. The van der Waals surface area contributed by atoms with Crippen molar-refractivity contribution in [2.75, 3.05) is 40.3 Å². The van der Waals surface area contributed by atoms with E-state index in [9.17, 15) is 13.2 Å². The van der Waals surface area contributed by atoms with Crippen molar-refractivity contribution >= 4 is 16.1 Å². The molecule has 8 heteroatoms. The Labute approximate surface area is 155 Å². The second kappa shape index (κ2) is 7.84. The van der Waals surface area contributed by atoms with E-state index < -0.39 is 10.0 Å². The number of carbonyl (C=O) groups excluding carboxylic acids is 1. The Hall–Kier alpha value is -1.80. The van der Waals surface area contributed by atoms with Gasteiger partial charge in [-0.1, -0.05) is 6.07 Å². The van der Waals surface area contributed by atoms with Crippen LogP contribution in [0.2, 0.25) is 0 Å². The van der Waals surface area contributed by atoms with Crippen LogP contribution in [0.1, 0.15) is 19.3 Å². The van der Waals surface area contributed by atoms with Crippen molar-refractivity contribution in [3.63, 3.8) is 0 Å². The quantitative estimate of drug-likeness (QED) is 0.862. The van der Waals surface area contributed by atoms with Gasteiger partial charge in [0.2, 0.25) is 10.0 Å². The van der Waals surface area contributed by atoms with E-state index >= 15 is 0 Å². The number of hydrogen-bond donors (Lipinski definition) is 1. The van der Waals surface area contributed by atoms with Crippen LogP contribution < -0.4 is 10.1 Å². The first-order valence-corrected chi connectivity index (χ1v) is 10.5. The molecule has 1 N–H and O–H groups in total. The van der Waals surface area contributed by atoms with Gasteiger partial charge < -0.3 is 15.0 Å². The van der Waals surface area contributed by atoms with Crippen LogP contribution in [0.15, 0.2) is 29.2 Å². The molecule has 3 rings (SSSR count). The van der Waals surface area contributed by atoms with Crippen LogP contribution in [-0.4, -0.2) is 64.0 Å². The molecule has 0 saturated carbocycles. The summed E-state index contributed by atoms with van der Waals surface area (Å²) >= 11 is 0. The average Bonchev–Trinajstić information content (AvgIpc) is 3.18. The van der Waals surface area contributed by atoms with E-state index in [-0.39, 0.29) is 10.9 Å². The van der Waals surface area contributed by atoms with Gasteiger partial charge in [0.15, 0.2) is 0 Å². The number of methoxy groups -OCH3 is 1. The maximum Gasteiger partial charge on any atom is 0.317 e. The van der Waals surface area contributed by atoms with Crippen LogP contribution in [0, 0.1) is 11.8 Å². The first-order valence-electron chi connectivity index (χ1n) is 9.06. The number of amides is 2. The fourth-order valence-corrected chi connectivity index (χ4v) is 5.55. The van der Waals surface area contributed by atoms with E-state index in [1.54, 1.807) is 35.6 Å². The third-order valence-electron chi connectivity index (χ3n) is 5.57. The Morgan fingerprint density at radius 2 is 1.85 bits per heavy atom. The Morgan fingerprint density at radius 3 is 2.50 bits per heavy atom. The largest absolute Gasteiger partial charge is 0.497 e. The third-order valence-corrected chi connectivity index (χ3v) is 7.43. The molecule has 2 amide bonds. The Balaban J connectivity index is 1.62. The topological polar surface area (TPSA) is 79.0 Å². The van der Waals surface area contributed by atoms with Gasteiger partial charge in [-0.05, 0) is 43.2 Å². The fraction of sp³-hybridized carbons (Fsp3) is 0.611. The van der Waals surface area contributed by atoms with E-state index in [4.69, 9.17) is 4.74 Å². The molecule has 7 nitrogen and oxygen atoms in total. The van der Waals surface area contributed by atoms with Crippen molar-refractivity contribution in [1.82, 2.24) is 14.5 Å². The summed E-state index contributed by atoms with van der Waals surface area (Å²) in [7, 11) is -0.316. The molecule has 2 aliphatic rings. The number of nitrogens with zero attached hydrogens (tertiary/aromatic N) is 2. The standard InChI is InChI=1S/C18H27N3O4S/c1-19-18(22)20-9-6-14(7-10-20)15-8-11-21(13-15)26(23,24)17-5-3-4-16(12-17)25-2/h3-5,12,14-15H,6-11,13H2,1-2H3,(H,19,22). The van der Waals surface area contributed by atoms with Crippen LogP contribution in [0.3, 0.4) is 0 Å². The molecule has 1 aromatic carbocycles. The van der Waals surface area contributed by atoms with Gasteiger partial charge in [0, 0.05) is 39.3 Å². The molecule has 2 fully saturated rings. The van der Waals surface area contributed by atoms with E-state index in [1.807, 2.05) is 4.90 Å². The third kappa shape index (κ3) is 3.81. The van der Waals surface area contributed by atoms with Crippen molar-refractivity contribution in [3.05, 3.63) is 24.3 Å². The van der Waals surface area contributed by atoms with Crippen molar-refractivity contribution in [2.45, 2.75) is 24.2 Å². The van der Waals surface area contributed by atoms with Gasteiger partial charge in [0.05, 0.1) is 12.0 Å². The molecule has 1 aromatic rings. The smallest absolute Gasteiger partial charge is 0.317 e. The number of likely N-dealkylation sites (tertiary alicyclic amines) is 1. The predicted octanol–water partition coefficient (Wildman–Crippen LogP) is 1.76. The molecule has 0 aromatic heterocycles. The van der Waals surface area contributed by atoms with E-state index in [2.05, 4.69) is 5.32 Å². The summed E-state index contributed by atoms with van der Waals surface area (Å²) in [4.78, 5) is 13.8. The van der Waals surface area contributed by atoms with Crippen molar-refractivity contribution in [1.29, 1.82) is 0 Å².